The number of nitro groups is 1. The number of rotatable bonds is 4. The molecule has 8 nitrogen and oxygen atoms in total. The summed E-state index contributed by atoms with van der Waals surface area (Å²) in [4.78, 5) is 14.6. The molecule has 1 saturated heterocycles. The monoisotopic (exact) mass is 336 g/mol. The first-order valence-corrected chi connectivity index (χ1v) is 8.72. The summed E-state index contributed by atoms with van der Waals surface area (Å²) >= 11 is 0. The number of nitrogens with zero attached hydrogens (tertiary/aromatic N) is 2. The summed E-state index contributed by atoms with van der Waals surface area (Å²) in [6.07, 6.45) is 3.07. The van der Waals surface area contributed by atoms with Crippen LogP contribution in [-0.2, 0) is 10.0 Å². The highest BCUT2D eigenvalue weighted by Gasteiger charge is 2.26. The molecule has 1 unspecified atom stereocenters. The van der Waals surface area contributed by atoms with Crippen LogP contribution in [0.4, 0.5) is 5.69 Å². The standard InChI is InChI=1S/C14H16N4O4S/c19-18(20)12-5-6-13(14-11(12)4-2-8-16-14)23(21,22)17-10-3-1-7-15-9-10/h2,4-6,8,10,15,17H,1,3,7,9H2. The van der Waals surface area contributed by atoms with Gasteiger partial charge in [-0.25, -0.2) is 13.1 Å². The van der Waals surface area contributed by atoms with Crippen LogP contribution in [0.2, 0.25) is 0 Å². The molecule has 1 atom stereocenters. The topological polar surface area (TPSA) is 114 Å². The third-order valence-corrected chi connectivity index (χ3v) is 5.37. The van der Waals surface area contributed by atoms with E-state index in [1.54, 1.807) is 6.07 Å². The fraction of sp³-hybridized carbons (Fsp3) is 0.357. The van der Waals surface area contributed by atoms with Crippen LogP contribution in [0.5, 0.6) is 0 Å². The first-order valence-electron chi connectivity index (χ1n) is 7.24. The Morgan fingerprint density at radius 2 is 2.17 bits per heavy atom. The normalized spacial score (nSPS) is 18.9. The van der Waals surface area contributed by atoms with Crippen molar-refractivity contribution in [3.8, 4) is 0 Å². The van der Waals surface area contributed by atoms with Crippen LogP contribution in [0.1, 0.15) is 12.8 Å². The Kier molecular flexibility index (Phi) is 4.24. The van der Waals surface area contributed by atoms with Gasteiger partial charge in [-0.15, -0.1) is 0 Å². The van der Waals surface area contributed by atoms with E-state index in [-0.39, 0.29) is 27.5 Å². The molecular weight excluding hydrogens is 320 g/mol. The number of hydrogen-bond acceptors (Lipinski definition) is 6. The Bertz CT molecular complexity index is 847. The first kappa shape index (κ1) is 15.8. The number of non-ortho nitro benzene ring substituents is 1. The van der Waals surface area contributed by atoms with Crippen LogP contribution in [-0.4, -0.2) is 37.5 Å². The zero-order chi connectivity index (χ0) is 16.4. The van der Waals surface area contributed by atoms with Crippen molar-refractivity contribution in [3.05, 3.63) is 40.6 Å². The average molecular weight is 336 g/mol. The molecule has 0 radical (unpaired) electrons. The third kappa shape index (κ3) is 3.16. The van der Waals surface area contributed by atoms with Gasteiger partial charge in [0.15, 0.2) is 0 Å². The van der Waals surface area contributed by atoms with Gasteiger partial charge in [-0.05, 0) is 37.6 Å². The van der Waals surface area contributed by atoms with Gasteiger partial charge in [0.1, 0.15) is 4.90 Å². The highest BCUT2D eigenvalue weighted by molar-refractivity contribution is 7.89. The van der Waals surface area contributed by atoms with Crippen molar-refractivity contribution in [2.75, 3.05) is 13.1 Å². The van der Waals surface area contributed by atoms with Crippen molar-refractivity contribution >= 4 is 26.6 Å². The van der Waals surface area contributed by atoms with Gasteiger partial charge in [-0.1, -0.05) is 0 Å². The number of nitro benzene ring substituents is 1. The minimum atomic E-state index is -3.80. The predicted molar refractivity (Wildman–Crippen MR) is 84.6 cm³/mol. The molecule has 2 N–H and O–H groups in total. The molecule has 1 aliphatic rings. The van der Waals surface area contributed by atoms with Crippen molar-refractivity contribution in [1.82, 2.24) is 15.0 Å². The lowest BCUT2D eigenvalue weighted by Crippen LogP contribution is -2.45. The number of pyridine rings is 1. The summed E-state index contributed by atoms with van der Waals surface area (Å²) in [7, 11) is -3.80. The van der Waals surface area contributed by atoms with Gasteiger partial charge in [-0.2, -0.15) is 0 Å². The summed E-state index contributed by atoms with van der Waals surface area (Å²) in [5.41, 5.74) is -0.0515. The largest absolute Gasteiger partial charge is 0.315 e. The molecule has 1 aliphatic heterocycles. The van der Waals surface area contributed by atoms with Crippen molar-refractivity contribution in [3.63, 3.8) is 0 Å². The van der Waals surface area contributed by atoms with E-state index in [0.29, 0.717) is 6.54 Å². The lowest BCUT2D eigenvalue weighted by Gasteiger charge is -2.23. The number of piperidine rings is 1. The van der Waals surface area contributed by atoms with E-state index in [9.17, 15) is 18.5 Å². The van der Waals surface area contributed by atoms with Crippen molar-refractivity contribution in [2.45, 2.75) is 23.8 Å². The Balaban J connectivity index is 2.05. The molecule has 0 aliphatic carbocycles. The maximum Gasteiger partial charge on any atom is 0.278 e. The molecule has 2 aromatic rings. The average Bonchev–Trinajstić information content (AvgIpc) is 2.54. The minimum Gasteiger partial charge on any atom is -0.315 e. The van der Waals surface area contributed by atoms with Crippen LogP contribution < -0.4 is 10.0 Å². The number of fused-ring (bicyclic) bond motifs is 1. The fourth-order valence-electron chi connectivity index (χ4n) is 2.74. The molecule has 0 amide bonds. The number of hydrogen-bond donors (Lipinski definition) is 2. The van der Waals surface area contributed by atoms with Gasteiger partial charge in [-0.3, -0.25) is 15.1 Å². The fourth-order valence-corrected chi connectivity index (χ4v) is 4.17. The van der Waals surface area contributed by atoms with E-state index < -0.39 is 14.9 Å². The van der Waals surface area contributed by atoms with Crippen LogP contribution in [0.3, 0.4) is 0 Å². The summed E-state index contributed by atoms with van der Waals surface area (Å²) in [6.45, 7) is 1.44. The van der Waals surface area contributed by atoms with Crippen molar-refractivity contribution in [1.29, 1.82) is 0 Å². The maximum absolute atomic E-state index is 12.6. The summed E-state index contributed by atoms with van der Waals surface area (Å²) in [5, 5.41) is 14.4. The molecule has 122 valence electrons. The highest BCUT2D eigenvalue weighted by atomic mass is 32.2. The first-order chi connectivity index (χ1) is 11.0. The zero-order valence-corrected chi connectivity index (χ0v) is 13.0. The zero-order valence-electron chi connectivity index (χ0n) is 12.2. The van der Waals surface area contributed by atoms with E-state index in [1.807, 2.05) is 0 Å². The third-order valence-electron chi connectivity index (χ3n) is 3.81. The molecule has 1 aromatic heterocycles. The molecule has 0 bridgehead atoms. The molecule has 0 saturated carbocycles. The maximum atomic E-state index is 12.6. The second kappa shape index (κ2) is 6.19. The Hall–Kier alpha value is -2.10. The summed E-state index contributed by atoms with van der Waals surface area (Å²) in [6, 6.07) is 5.30. The molecule has 23 heavy (non-hydrogen) atoms. The van der Waals surface area contributed by atoms with Gasteiger partial charge in [0, 0.05) is 24.8 Å². The van der Waals surface area contributed by atoms with E-state index in [0.717, 1.165) is 19.4 Å². The molecule has 2 heterocycles. The predicted octanol–water partition coefficient (Wildman–Crippen LogP) is 1.17. The van der Waals surface area contributed by atoms with Gasteiger partial charge in [0.2, 0.25) is 10.0 Å². The lowest BCUT2D eigenvalue weighted by molar-refractivity contribution is -0.383. The molecular formula is C14H16N4O4S. The van der Waals surface area contributed by atoms with Gasteiger partial charge >= 0.3 is 0 Å². The number of aromatic nitrogens is 1. The van der Waals surface area contributed by atoms with E-state index in [2.05, 4.69) is 15.0 Å². The second-order valence-corrected chi connectivity index (χ2v) is 7.09. The van der Waals surface area contributed by atoms with Crippen LogP contribution in [0.15, 0.2) is 35.4 Å². The SMILES string of the molecule is O=[N+]([O-])c1ccc(S(=O)(=O)NC2CCCNC2)c2ncccc12. The molecule has 0 spiro atoms. The van der Waals surface area contributed by atoms with E-state index in [4.69, 9.17) is 0 Å². The smallest absolute Gasteiger partial charge is 0.278 e. The minimum absolute atomic E-state index is 0.0377. The van der Waals surface area contributed by atoms with Gasteiger partial charge in [0.05, 0.1) is 15.8 Å². The van der Waals surface area contributed by atoms with Crippen LogP contribution in [0, 0.1) is 10.1 Å². The molecule has 1 fully saturated rings. The molecule has 1 aromatic carbocycles. The number of nitrogens with one attached hydrogen (secondary N) is 2. The molecule has 3 rings (SSSR count). The quantitative estimate of drug-likeness (QED) is 0.640. The van der Waals surface area contributed by atoms with Crippen molar-refractivity contribution in [2.24, 2.45) is 0 Å². The second-order valence-electron chi connectivity index (χ2n) is 5.40. The Morgan fingerprint density at radius 3 is 2.87 bits per heavy atom. The van der Waals surface area contributed by atoms with Crippen molar-refractivity contribution < 1.29 is 13.3 Å². The Labute approximate surface area is 133 Å². The van der Waals surface area contributed by atoms with Crippen LogP contribution in [0.25, 0.3) is 10.9 Å². The van der Waals surface area contributed by atoms with Crippen LogP contribution >= 0.6 is 0 Å². The Morgan fingerprint density at radius 1 is 1.35 bits per heavy atom. The van der Waals surface area contributed by atoms with E-state index >= 15 is 0 Å². The summed E-state index contributed by atoms with van der Waals surface area (Å²) < 4.78 is 27.9. The lowest BCUT2D eigenvalue weighted by atomic mass is 10.1. The molecule has 9 heteroatoms. The number of benzene rings is 1. The highest BCUT2D eigenvalue weighted by Crippen LogP contribution is 2.29. The van der Waals surface area contributed by atoms with Gasteiger partial charge < -0.3 is 5.32 Å². The van der Waals surface area contributed by atoms with Gasteiger partial charge in [0.25, 0.3) is 5.69 Å². The van der Waals surface area contributed by atoms with E-state index in [1.165, 1.54) is 24.4 Å². The summed E-state index contributed by atoms with van der Waals surface area (Å²) in [5.74, 6) is 0. The number of sulfonamides is 1.